The topological polar surface area (TPSA) is 39.9 Å². The number of benzene rings is 1. The lowest BCUT2D eigenvalue weighted by atomic mass is 10.2. The number of halogens is 3. The lowest BCUT2D eigenvalue weighted by Gasteiger charge is -2.05. The van der Waals surface area contributed by atoms with E-state index in [2.05, 4.69) is 48.6 Å². The Morgan fingerprint density at radius 1 is 1.33 bits per heavy atom. The number of nitrogens with zero attached hydrogens (tertiary/aromatic N) is 3. The van der Waals surface area contributed by atoms with Crippen molar-refractivity contribution < 1.29 is 4.74 Å². The fourth-order valence-corrected chi connectivity index (χ4v) is 3.13. The van der Waals surface area contributed by atoms with Crippen LogP contribution < -0.4 is 4.74 Å². The van der Waals surface area contributed by atoms with Crippen molar-refractivity contribution in [1.82, 2.24) is 14.8 Å². The quantitative estimate of drug-likeness (QED) is 0.411. The number of pyridine rings is 1. The first kappa shape index (κ1) is 15.1. The van der Waals surface area contributed by atoms with Crippen LogP contribution in [0.1, 0.15) is 5.56 Å². The fourth-order valence-electron chi connectivity index (χ4n) is 2.04. The third-order valence-electron chi connectivity index (χ3n) is 3.09. The van der Waals surface area contributed by atoms with Gasteiger partial charge in [0.2, 0.25) is 0 Å². The number of ether oxygens (including phenoxy) is 1. The molecule has 3 rings (SSSR count). The highest BCUT2D eigenvalue weighted by atomic mass is 127. The first-order valence-electron chi connectivity index (χ1n) is 6.09. The first-order chi connectivity index (χ1) is 10.1. The Hall–Kier alpha value is -0.860. The van der Waals surface area contributed by atoms with Crippen molar-refractivity contribution in [2.24, 2.45) is 0 Å². The highest BCUT2D eigenvalue weighted by Gasteiger charge is 2.13. The molecule has 1 aromatic carbocycles. The van der Waals surface area contributed by atoms with Gasteiger partial charge >= 0.3 is 0 Å². The third-order valence-corrected chi connectivity index (χ3v) is 4.93. The molecule has 0 bridgehead atoms. The standard InChI is InChI=1S/C14H10BrClIN3O/c1-21-9-4-2-8(3-5-9)7-20-11-6-10(16)13(15)18-12(11)14(17)19-20/h2-6H,7H2,1H3. The zero-order valence-corrected chi connectivity index (χ0v) is 15.5. The van der Waals surface area contributed by atoms with E-state index >= 15 is 0 Å². The summed E-state index contributed by atoms with van der Waals surface area (Å²) in [4.78, 5) is 4.44. The van der Waals surface area contributed by atoms with E-state index in [1.54, 1.807) is 7.11 Å². The molecule has 4 nitrogen and oxygen atoms in total. The summed E-state index contributed by atoms with van der Waals surface area (Å²) >= 11 is 11.7. The molecule has 7 heteroatoms. The average Bonchev–Trinajstić information content (AvgIpc) is 2.77. The van der Waals surface area contributed by atoms with E-state index in [-0.39, 0.29) is 0 Å². The van der Waals surface area contributed by atoms with Gasteiger partial charge < -0.3 is 4.74 Å². The minimum atomic E-state index is 0.579. The van der Waals surface area contributed by atoms with Crippen molar-refractivity contribution in [2.45, 2.75) is 6.54 Å². The summed E-state index contributed by atoms with van der Waals surface area (Å²) in [6.07, 6.45) is 0. The van der Waals surface area contributed by atoms with Gasteiger partial charge in [0.1, 0.15) is 19.6 Å². The molecule has 0 saturated carbocycles. The summed E-state index contributed by atoms with van der Waals surface area (Å²) in [5.41, 5.74) is 2.90. The first-order valence-corrected chi connectivity index (χ1v) is 8.34. The maximum Gasteiger partial charge on any atom is 0.149 e. The van der Waals surface area contributed by atoms with Crippen LogP contribution in [0.3, 0.4) is 0 Å². The normalized spacial score (nSPS) is 11.0. The fraction of sp³-hybridized carbons (Fsp3) is 0.143. The monoisotopic (exact) mass is 477 g/mol. The van der Waals surface area contributed by atoms with Crippen LogP contribution in [0.15, 0.2) is 34.9 Å². The molecule has 0 amide bonds. The third kappa shape index (κ3) is 3.02. The molecule has 0 fully saturated rings. The van der Waals surface area contributed by atoms with E-state index in [4.69, 9.17) is 16.3 Å². The summed E-state index contributed by atoms with van der Waals surface area (Å²) in [7, 11) is 1.66. The molecule has 2 heterocycles. The summed E-state index contributed by atoms with van der Waals surface area (Å²) in [5.74, 6) is 0.840. The molecule has 0 N–H and O–H groups in total. The van der Waals surface area contributed by atoms with Crippen molar-refractivity contribution in [3.63, 3.8) is 0 Å². The average molecular weight is 479 g/mol. The SMILES string of the molecule is COc1ccc(Cn2nc(I)c3nc(Br)c(Cl)cc32)cc1. The summed E-state index contributed by atoms with van der Waals surface area (Å²) in [6.45, 7) is 0.656. The minimum absolute atomic E-state index is 0.579. The van der Waals surface area contributed by atoms with Crippen LogP contribution in [0.5, 0.6) is 5.75 Å². The molecule has 21 heavy (non-hydrogen) atoms. The maximum atomic E-state index is 6.14. The van der Waals surface area contributed by atoms with Gasteiger partial charge in [0.05, 0.1) is 24.2 Å². The second-order valence-electron chi connectivity index (χ2n) is 4.43. The molecule has 0 atom stereocenters. The van der Waals surface area contributed by atoms with E-state index in [0.29, 0.717) is 16.2 Å². The van der Waals surface area contributed by atoms with Gasteiger partial charge in [-0.3, -0.25) is 4.68 Å². The van der Waals surface area contributed by atoms with E-state index in [1.807, 2.05) is 35.0 Å². The van der Waals surface area contributed by atoms with Crippen LogP contribution >= 0.6 is 50.1 Å². The van der Waals surface area contributed by atoms with Crippen molar-refractivity contribution in [3.8, 4) is 5.75 Å². The van der Waals surface area contributed by atoms with Gasteiger partial charge in [-0.15, -0.1) is 0 Å². The summed E-state index contributed by atoms with van der Waals surface area (Å²) in [5, 5.41) is 5.12. The summed E-state index contributed by atoms with van der Waals surface area (Å²) in [6, 6.07) is 9.80. The second kappa shape index (κ2) is 6.10. The van der Waals surface area contributed by atoms with Crippen molar-refractivity contribution in [3.05, 3.63) is 49.2 Å². The predicted molar refractivity (Wildman–Crippen MR) is 95.1 cm³/mol. The van der Waals surface area contributed by atoms with Gasteiger partial charge in [0, 0.05) is 0 Å². The lowest BCUT2D eigenvalue weighted by molar-refractivity contribution is 0.414. The Morgan fingerprint density at radius 3 is 2.71 bits per heavy atom. The predicted octanol–water partition coefficient (Wildman–Crippen LogP) is 4.51. The zero-order chi connectivity index (χ0) is 15.0. The van der Waals surface area contributed by atoms with E-state index in [0.717, 1.165) is 26.0 Å². The Kier molecular flexibility index (Phi) is 4.37. The molecular formula is C14H10BrClIN3O. The van der Waals surface area contributed by atoms with Gasteiger partial charge in [0.25, 0.3) is 0 Å². The molecule has 0 unspecified atom stereocenters. The molecule has 2 aromatic heterocycles. The molecule has 0 aliphatic carbocycles. The molecular weight excluding hydrogens is 468 g/mol. The number of rotatable bonds is 3. The number of hydrogen-bond acceptors (Lipinski definition) is 3. The van der Waals surface area contributed by atoms with Crippen LogP contribution in [0.4, 0.5) is 0 Å². The minimum Gasteiger partial charge on any atom is -0.497 e. The smallest absolute Gasteiger partial charge is 0.149 e. The van der Waals surface area contributed by atoms with E-state index < -0.39 is 0 Å². The van der Waals surface area contributed by atoms with Crippen LogP contribution in [0.2, 0.25) is 5.02 Å². The molecule has 0 radical (unpaired) electrons. The van der Waals surface area contributed by atoms with Gasteiger partial charge in [-0.1, -0.05) is 23.7 Å². The van der Waals surface area contributed by atoms with Crippen LogP contribution in [-0.2, 0) is 6.54 Å². The molecule has 108 valence electrons. The summed E-state index contributed by atoms with van der Waals surface area (Å²) < 4.78 is 8.57. The van der Waals surface area contributed by atoms with Gasteiger partial charge in [-0.2, -0.15) is 5.10 Å². The van der Waals surface area contributed by atoms with Crippen LogP contribution in [-0.4, -0.2) is 21.9 Å². The van der Waals surface area contributed by atoms with Crippen LogP contribution in [0, 0.1) is 3.70 Å². The Morgan fingerprint density at radius 2 is 2.05 bits per heavy atom. The highest BCUT2D eigenvalue weighted by molar-refractivity contribution is 14.1. The number of methoxy groups -OCH3 is 1. The molecule has 0 aliphatic rings. The zero-order valence-electron chi connectivity index (χ0n) is 11.0. The Labute approximate surface area is 148 Å². The second-order valence-corrected chi connectivity index (χ2v) is 6.61. The number of hydrogen-bond donors (Lipinski definition) is 0. The molecule has 0 spiro atoms. The molecule has 0 aliphatic heterocycles. The van der Waals surface area contributed by atoms with Crippen LogP contribution in [0.25, 0.3) is 11.0 Å². The Balaban J connectivity index is 2.01. The van der Waals surface area contributed by atoms with Crippen molar-refractivity contribution >= 4 is 61.2 Å². The van der Waals surface area contributed by atoms with E-state index in [1.165, 1.54) is 0 Å². The highest BCUT2D eigenvalue weighted by Crippen LogP contribution is 2.28. The van der Waals surface area contributed by atoms with Crippen molar-refractivity contribution in [1.29, 1.82) is 0 Å². The van der Waals surface area contributed by atoms with Gasteiger partial charge in [-0.25, -0.2) is 4.98 Å². The van der Waals surface area contributed by atoms with Gasteiger partial charge in [0.15, 0.2) is 0 Å². The number of fused-ring (bicyclic) bond motifs is 1. The van der Waals surface area contributed by atoms with Crippen molar-refractivity contribution in [2.75, 3.05) is 7.11 Å². The maximum absolute atomic E-state index is 6.14. The van der Waals surface area contributed by atoms with Gasteiger partial charge in [-0.05, 0) is 62.3 Å². The number of aromatic nitrogens is 3. The largest absolute Gasteiger partial charge is 0.497 e. The molecule has 0 saturated heterocycles. The lowest BCUT2D eigenvalue weighted by Crippen LogP contribution is -2.02. The van der Waals surface area contributed by atoms with E-state index in [9.17, 15) is 0 Å². The Bertz CT molecular complexity index is 804. The molecule has 3 aromatic rings.